The average Bonchev–Trinajstić information content (AvgIpc) is 3.02. The summed E-state index contributed by atoms with van der Waals surface area (Å²) in [4.78, 5) is 26.4. The Balaban J connectivity index is 0.00000306. The van der Waals surface area contributed by atoms with Crippen molar-refractivity contribution >= 4 is 41.6 Å². The highest BCUT2D eigenvalue weighted by Crippen LogP contribution is 2.38. The highest BCUT2D eigenvalue weighted by molar-refractivity contribution is 6.31. The van der Waals surface area contributed by atoms with E-state index in [1.165, 1.54) is 38.5 Å². The number of fused-ring (bicyclic) bond motifs is 1. The van der Waals surface area contributed by atoms with Crippen molar-refractivity contribution < 1.29 is 14.7 Å². The Hall–Kier alpha value is -2.24. The molecule has 2 N–H and O–H groups in total. The zero-order valence-corrected chi connectivity index (χ0v) is 20.3. The van der Waals surface area contributed by atoms with E-state index in [0.29, 0.717) is 23.6 Å². The lowest BCUT2D eigenvalue weighted by Gasteiger charge is -2.29. The maximum Gasteiger partial charge on any atom is 0.335 e. The highest BCUT2D eigenvalue weighted by atomic mass is 35.5. The van der Waals surface area contributed by atoms with Gasteiger partial charge in [0, 0.05) is 30.3 Å². The number of carbonyl (C=O) groups is 2. The maximum absolute atomic E-state index is 13.1. The van der Waals surface area contributed by atoms with Crippen LogP contribution in [0, 0.1) is 11.8 Å². The van der Waals surface area contributed by atoms with Crippen molar-refractivity contribution in [1.29, 1.82) is 0 Å². The maximum atomic E-state index is 13.1. The van der Waals surface area contributed by atoms with Crippen LogP contribution < -0.4 is 10.2 Å². The monoisotopic (exact) mass is 490 g/mol. The fourth-order valence-electron chi connectivity index (χ4n) is 5.24. The number of carboxylic acids is 1. The summed E-state index contributed by atoms with van der Waals surface area (Å²) >= 11 is 6.26. The van der Waals surface area contributed by atoms with E-state index >= 15 is 0 Å². The van der Waals surface area contributed by atoms with E-state index in [4.69, 9.17) is 16.7 Å². The van der Waals surface area contributed by atoms with Crippen molar-refractivity contribution in [3.05, 3.63) is 64.2 Å². The van der Waals surface area contributed by atoms with Gasteiger partial charge in [0.1, 0.15) is 0 Å². The summed E-state index contributed by atoms with van der Waals surface area (Å²) in [7, 11) is 0. The van der Waals surface area contributed by atoms with E-state index in [1.54, 1.807) is 30.3 Å². The number of benzene rings is 2. The first kappa shape index (κ1) is 25.4. The molecule has 1 aliphatic carbocycles. The summed E-state index contributed by atoms with van der Waals surface area (Å²) in [6.07, 6.45) is 8.43. The van der Waals surface area contributed by atoms with Crippen LogP contribution in [0.5, 0.6) is 0 Å². The first-order chi connectivity index (χ1) is 15.5. The second-order valence-corrected chi connectivity index (χ2v) is 9.47. The number of carboxylic acid groups (broad SMARTS) is 1. The molecule has 0 radical (unpaired) electrons. The third-order valence-corrected chi connectivity index (χ3v) is 7.29. The summed E-state index contributed by atoms with van der Waals surface area (Å²) in [5.74, 6) is 0.592. The van der Waals surface area contributed by atoms with Crippen LogP contribution in [0.15, 0.2) is 42.5 Å². The lowest BCUT2D eigenvalue weighted by molar-refractivity contribution is 0.0696. The second-order valence-electron chi connectivity index (χ2n) is 9.04. The molecule has 2 unspecified atom stereocenters. The summed E-state index contributed by atoms with van der Waals surface area (Å²) in [5.41, 5.74) is 2.84. The van der Waals surface area contributed by atoms with Gasteiger partial charge in [0.2, 0.25) is 0 Å². The number of aromatic carboxylic acids is 1. The molecule has 7 heteroatoms. The second kappa shape index (κ2) is 11.8. The van der Waals surface area contributed by atoms with Crippen LogP contribution in [-0.4, -0.2) is 36.6 Å². The number of nitrogens with one attached hydrogen (secondary N) is 1. The Bertz CT molecular complexity index is 949. The number of nitrogens with zero attached hydrogens (tertiary/aromatic N) is 1. The Labute approximate surface area is 206 Å². The van der Waals surface area contributed by atoms with Gasteiger partial charge in [-0.15, -0.1) is 12.4 Å². The molecule has 0 spiro atoms. The molecule has 2 atom stereocenters. The number of carbonyl (C=O) groups excluding carboxylic acids is 1. The van der Waals surface area contributed by atoms with Crippen molar-refractivity contribution in [2.45, 2.75) is 44.9 Å². The predicted molar refractivity (Wildman–Crippen MR) is 135 cm³/mol. The molecule has 1 heterocycles. The zero-order chi connectivity index (χ0) is 22.5. The minimum Gasteiger partial charge on any atom is -0.478 e. The summed E-state index contributed by atoms with van der Waals surface area (Å²) in [5, 5.41) is 12.6. The Morgan fingerprint density at radius 2 is 1.61 bits per heavy atom. The minimum atomic E-state index is -0.939. The van der Waals surface area contributed by atoms with Gasteiger partial charge < -0.3 is 15.3 Å². The molecular weight excluding hydrogens is 459 g/mol. The van der Waals surface area contributed by atoms with E-state index in [-0.39, 0.29) is 23.9 Å². The Morgan fingerprint density at radius 1 is 0.970 bits per heavy atom. The topological polar surface area (TPSA) is 69.6 Å². The Morgan fingerprint density at radius 3 is 2.21 bits per heavy atom. The van der Waals surface area contributed by atoms with Crippen molar-refractivity contribution in [1.82, 2.24) is 5.32 Å². The lowest BCUT2D eigenvalue weighted by Crippen LogP contribution is -2.30. The van der Waals surface area contributed by atoms with E-state index in [0.717, 1.165) is 36.2 Å². The fourth-order valence-corrected chi connectivity index (χ4v) is 5.41. The largest absolute Gasteiger partial charge is 0.478 e. The van der Waals surface area contributed by atoms with Crippen LogP contribution in [0.2, 0.25) is 5.02 Å². The first-order valence-corrected chi connectivity index (χ1v) is 12.0. The molecule has 1 saturated carbocycles. The minimum absolute atomic E-state index is 0. The van der Waals surface area contributed by atoms with Crippen molar-refractivity contribution in [3.63, 3.8) is 0 Å². The van der Waals surface area contributed by atoms with E-state index < -0.39 is 5.97 Å². The number of halogens is 2. The molecule has 178 valence electrons. The van der Waals surface area contributed by atoms with Crippen LogP contribution in [0.4, 0.5) is 5.69 Å². The number of hydrogen-bond donors (Lipinski definition) is 2. The van der Waals surface area contributed by atoms with Crippen molar-refractivity contribution in [2.75, 3.05) is 24.5 Å². The van der Waals surface area contributed by atoms with Gasteiger partial charge in [-0.1, -0.05) is 49.4 Å². The molecule has 4 rings (SSSR count). The average molecular weight is 491 g/mol. The summed E-state index contributed by atoms with van der Waals surface area (Å²) in [6, 6.07) is 12.4. The molecule has 0 bridgehead atoms. The van der Waals surface area contributed by atoms with Gasteiger partial charge in [0.05, 0.1) is 11.1 Å². The first-order valence-electron chi connectivity index (χ1n) is 11.7. The molecule has 33 heavy (non-hydrogen) atoms. The Kier molecular flexibility index (Phi) is 9.04. The normalized spacial score (nSPS) is 20.2. The SMILES string of the molecule is Cl.O=C(O)c1ccc(CCNC(=O)c2cc(Cl)ccc2N2CCC3CCCCC3CC2)cc1. The fraction of sp³-hybridized carbons (Fsp3) is 0.462. The number of rotatable bonds is 6. The van der Waals surface area contributed by atoms with E-state index in [9.17, 15) is 9.59 Å². The third-order valence-electron chi connectivity index (χ3n) is 7.05. The summed E-state index contributed by atoms with van der Waals surface area (Å²) < 4.78 is 0. The molecule has 5 nitrogen and oxygen atoms in total. The van der Waals surface area contributed by atoms with Crippen molar-refractivity contribution in [2.24, 2.45) is 11.8 Å². The molecule has 1 aliphatic heterocycles. The van der Waals surface area contributed by atoms with Gasteiger partial charge in [-0.3, -0.25) is 4.79 Å². The number of anilines is 1. The number of hydrogen-bond acceptors (Lipinski definition) is 3. The standard InChI is InChI=1S/C26H31ClN2O3.ClH/c27-22-9-10-24(29-15-12-19-3-1-2-4-20(19)13-16-29)23(17-22)25(30)28-14-11-18-5-7-21(8-6-18)26(31)32;/h5-10,17,19-20H,1-4,11-16H2,(H,28,30)(H,31,32);1H. The molecule has 1 saturated heterocycles. The van der Waals surface area contributed by atoms with Gasteiger partial charge in [0.15, 0.2) is 0 Å². The third kappa shape index (κ3) is 6.42. The zero-order valence-electron chi connectivity index (χ0n) is 18.8. The molecule has 0 aromatic heterocycles. The predicted octanol–water partition coefficient (Wildman–Crippen LogP) is 5.84. The molecule has 1 amide bonds. The molecular formula is C26H32Cl2N2O3. The van der Waals surface area contributed by atoms with E-state index in [1.807, 2.05) is 12.1 Å². The van der Waals surface area contributed by atoms with Crippen molar-refractivity contribution in [3.8, 4) is 0 Å². The van der Waals surface area contributed by atoms with E-state index in [2.05, 4.69) is 10.2 Å². The van der Waals surface area contributed by atoms with Crippen LogP contribution in [0.3, 0.4) is 0 Å². The van der Waals surface area contributed by atoms with Crippen LogP contribution in [-0.2, 0) is 6.42 Å². The molecule has 2 fully saturated rings. The summed E-state index contributed by atoms with van der Waals surface area (Å²) in [6.45, 7) is 2.44. The van der Waals surface area contributed by atoms with Gasteiger partial charge in [-0.05, 0) is 67.0 Å². The van der Waals surface area contributed by atoms with Crippen LogP contribution in [0.1, 0.15) is 64.8 Å². The van der Waals surface area contributed by atoms with Gasteiger partial charge in [-0.2, -0.15) is 0 Å². The van der Waals surface area contributed by atoms with Gasteiger partial charge >= 0.3 is 5.97 Å². The van der Waals surface area contributed by atoms with Gasteiger partial charge in [0.25, 0.3) is 5.91 Å². The molecule has 2 aromatic rings. The quantitative estimate of drug-likeness (QED) is 0.533. The van der Waals surface area contributed by atoms with Crippen LogP contribution in [0.25, 0.3) is 0 Å². The highest BCUT2D eigenvalue weighted by Gasteiger charge is 2.29. The van der Waals surface area contributed by atoms with Crippen LogP contribution >= 0.6 is 24.0 Å². The smallest absolute Gasteiger partial charge is 0.335 e. The molecule has 2 aliphatic rings. The van der Waals surface area contributed by atoms with Gasteiger partial charge in [-0.25, -0.2) is 4.79 Å². The number of amides is 1. The molecule has 2 aromatic carbocycles. The lowest BCUT2D eigenvalue weighted by atomic mass is 9.77.